The van der Waals surface area contributed by atoms with Crippen LogP contribution in [-0.2, 0) is 4.74 Å². The van der Waals surface area contributed by atoms with Gasteiger partial charge >= 0.3 is 5.97 Å². The van der Waals surface area contributed by atoms with E-state index in [0.717, 1.165) is 11.8 Å². The lowest BCUT2D eigenvalue weighted by Gasteiger charge is -2.07. The summed E-state index contributed by atoms with van der Waals surface area (Å²) in [6.45, 7) is 6.00. The second kappa shape index (κ2) is 5.26. The van der Waals surface area contributed by atoms with Gasteiger partial charge in [-0.05, 0) is 30.5 Å². The number of hydrogen-bond donors (Lipinski definition) is 0. The average molecular weight is 260 g/mol. The van der Waals surface area contributed by atoms with E-state index in [1.165, 1.54) is 0 Å². The highest BCUT2D eigenvalue weighted by Crippen LogP contribution is 2.19. The molecule has 19 heavy (non-hydrogen) atoms. The lowest BCUT2D eigenvalue weighted by Crippen LogP contribution is -2.17. The first-order valence-electron chi connectivity index (χ1n) is 6.27. The minimum Gasteiger partial charge on any atom is -0.463 e. The molecule has 0 aliphatic heterocycles. The molecule has 0 N–H and O–H groups in total. The van der Waals surface area contributed by atoms with Gasteiger partial charge < -0.3 is 9.15 Å². The number of benzene rings is 1. The Morgan fingerprint density at radius 2 is 2.11 bits per heavy atom. The zero-order chi connectivity index (χ0) is 14.0. The van der Waals surface area contributed by atoms with Crippen LogP contribution in [0.3, 0.4) is 0 Å². The summed E-state index contributed by atoms with van der Waals surface area (Å²) in [7, 11) is 0. The van der Waals surface area contributed by atoms with Gasteiger partial charge in [-0.1, -0.05) is 19.9 Å². The van der Waals surface area contributed by atoms with Crippen LogP contribution in [0.1, 0.15) is 42.6 Å². The van der Waals surface area contributed by atoms with E-state index in [4.69, 9.17) is 9.15 Å². The van der Waals surface area contributed by atoms with Gasteiger partial charge in [-0.3, -0.25) is 4.79 Å². The minimum atomic E-state index is -0.645. The molecule has 1 heterocycles. The molecule has 0 aliphatic carbocycles. The van der Waals surface area contributed by atoms with Crippen molar-refractivity contribution >= 4 is 16.9 Å². The first-order chi connectivity index (χ1) is 9.04. The Labute approximate surface area is 111 Å². The smallest absolute Gasteiger partial charge is 0.345 e. The number of esters is 1. The molecule has 2 rings (SSSR count). The maximum absolute atomic E-state index is 12.3. The van der Waals surface area contributed by atoms with Crippen molar-refractivity contribution in [2.75, 3.05) is 6.61 Å². The predicted molar refractivity (Wildman–Crippen MR) is 72.5 cm³/mol. The molecule has 1 aromatic heterocycles. The van der Waals surface area contributed by atoms with Crippen LogP contribution in [0.15, 0.2) is 33.7 Å². The highest BCUT2D eigenvalue weighted by molar-refractivity contribution is 5.92. The van der Waals surface area contributed by atoms with Crippen molar-refractivity contribution in [1.29, 1.82) is 0 Å². The number of carbonyl (C=O) groups is 1. The monoisotopic (exact) mass is 260 g/mol. The number of hydrogen-bond acceptors (Lipinski definition) is 4. The molecule has 0 spiro atoms. The van der Waals surface area contributed by atoms with Gasteiger partial charge in [0.05, 0.1) is 12.0 Å². The molecule has 0 unspecified atom stereocenters. The molecule has 0 saturated heterocycles. The molecule has 100 valence electrons. The molecule has 0 atom stereocenters. The Balaban J connectivity index is 2.62. The Morgan fingerprint density at radius 1 is 1.37 bits per heavy atom. The zero-order valence-corrected chi connectivity index (χ0v) is 11.2. The first-order valence-corrected chi connectivity index (χ1v) is 6.27. The summed E-state index contributed by atoms with van der Waals surface area (Å²) in [6.07, 6.45) is 1.16. The fraction of sp³-hybridized carbons (Fsp3) is 0.333. The SMILES string of the molecule is CCOC(=O)c1coc2ccc(C(C)C)cc2c1=O. The van der Waals surface area contributed by atoms with Crippen molar-refractivity contribution in [3.05, 3.63) is 45.8 Å². The van der Waals surface area contributed by atoms with E-state index >= 15 is 0 Å². The van der Waals surface area contributed by atoms with Crippen LogP contribution in [0.5, 0.6) is 0 Å². The van der Waals surface area contributed by atoms with Crippen LogP contribution < -0.4 is 5.43 Å². The van der Waals surface area contributed by atoms with Gasteiger partial charge in [-0.25, -0.2) is 4.79 Å². The summed E-state index contributed by atoms with van der Waals surface area (Å²) in [5.41, 5.74) is 1.10. The van der Waals surface area contributed by atoms with Gasteiger partial charge in [0.2, 0.25) is 5.43 Å². The highest BCUT2D eigenvalue weighted by atomic mass is 16.5. The van der Waals surface area contributed by atoms with E-state index in [1.807, 2.05) is 19.9 Å². The summed E-state index contributed by atoms with van der Waals surface area (Å²) in [5.74, 6) is -0.344. The van der Waals surface area contributed by atoms with Crippen LogP contribution in [0.4, 0.5) is 0 Å². The molecule has 0 bridgehead atoms. The quantitative estimate of drug-likeness (QED) is 0.796. The van der Waals surface area contributed by atoms with Crippen LogP contribution in [0.2, 0.25) is 0 Å². The summed E-state index contributed by atoms with van der Waals surface area (Å²) in [4.78, 5) is 23.9. The maximum Gasteiger partial charge on any atom is 0.345 e. The van der Waals surface area contributed by atoms with Gasteiger partial charge in [0.25, 0.3) is 0 Å². The molecule has 0 saturated carbocycles. The van der Waals surface area contributed by atoms with Gasteiger partial charge in [0.15, 0.2) is 0 Å². The van der Waals surface area contributed by atoms with Crippen molar-refractivity contribution in [2.24, 2.45) is 0 Å². The Bertz CT molecular complexity index is 667. The molecular weight excluding hydrogens is 244 g/mol. The second-order valence-electron chi connectivity index (χ2n) is 4.61. The van der Waals surface area contributed by atoms with Crippen LogP contribution >= 0.6 is 0 Å². The lowest BCUT2D eigenvalue weighted by atomic mass is 10.0. The van der Waals surface area contributed by atoms with Gasteiger partial charge in [-0.2, -0.15) is 0 Å². The summed E-state index contributed by atoms with van der Waals surface area (Å²) in [6, 6.07) is 5.44. The van der Waals surface area contributed by atoms with Crippen molar-refractivity contribution < 1.29 is 13.9 Å². The van der Waals surface area contributed by atoms with Gasteiger partial charge in [-0.15, -0.1) is 0 Å². The van der Waals surface area contributed by atoms with E-state index in [1.54, 1.807) is 19.1 Å². The number of fused-ring (bicyclic) bond motifs is 1. The van der Waals surface area contributed by atoms with E-state index in [9.17, 15) is 9.59 Å². The topological polar surface area (TPSA) is 56.5 Å². The molecule has 0 amide bonds. The highest BCUT2D eigenvalue weighted by Gasteiger charge is 2.15. The van der Waals surface area contributed by atoms with Crippen molar-refractivity contribution in [1.82, 2.24) is 0 Å². The fourth-order valence-corrected chi connectivity index (χ4v) is 1.86. The molecule has 2 aromatic rings. The van der Waals surface area contributed by atoms with Crippen molar-refractivity contribution in [3.63, 3.8) is 0 Å². The lowest BCUT2D eigenvalue weighted by molar-refractivity contribution is 0.0522. The van der Waals surface area contributed by atoms with Gasteiger partial charge in [0, 0.05) is 0 Å². The third-order valence-electron chi connectivity index (χ3n) is 2.96. The molecule has 0 radical (unpaired) electrons. The normalized spacial score (nSPS) is 10.9. The molecule has 0 fully saturated rings. The Morgan fingerprint density at radius 3 is 2.74 bits per heavy atom. The Hall–Kier alpha value is -2.10. The number of ether oxygens (including phenoxy) is 1. The fourth-order valence-electron chi connectivity index (χ4n) is 1.86. The molecular formula is C15H16O4. The predicted octanol–water partition coefficient (Wildman–Crippen LogP) is 3.09. The average Bonchev–Trinajstić information content (AvgIpc) is 2.39. The van der Waals surface area contributed by atoms with Crippen LogP contribution in [-0.4, -0.2) is 12.6 Å². The van der Waals surface area contributed by atoms with Crippen LogP contribution in [0, 0.1) is 0 Å². The largest absolute Gasteiger partial charge is 0.463 e. The zero-order valence-electron chi connectivity index (χ0n) is 11.2. The Kier molecular flexibility index (Phi) is 3.69. The third kappa shape index (κ3) is 2.52. The van der Waals surface area contributed by atoms with Crippen LogP contribution in [0.25, 0.3) is 11.0 Å². The standard InChI is InChI=1S/C15H16O4/c1-4-18-15(17)12-8-19-13-6-5-10(9(2)3)7-11(13)14(12)16/h5-9H,4H2,1-3H3. The molecule has 4 heteroatoms. The second-order valence-corrected chi connectivity index (χ2v) is 4.61. The summed E-state index contributed by atoms with van der Waals surface area (Å²) < 4.78 is 10.2. The number of carbonyl (C=O) groups excluding carboxylic acids is 1. The third-order valence-corrected chi connectivity index (χ3v) is 2.96. The maximum atomic E-state index is 12.3. The van der Waals surface area contributed by atoms with Crippen molar-refractivity contribution in [2.45, 2.75) is 26.7 Å². The molecule has 4 nitrogen and oxygen atoms in total. The molecule has 1 aromatic carbocycles. The van der Waals surface area contributed by atoms with E-state index in [2.05, 4.69) is 0 Å². The van der Waals surface area contributed by atoms with E-state index < -0.39 is 5.97 Å². The summed E-state index contributed by atoms with van der Waals surface area (Å²) >= 11 is 0. The first kappa shape index (κ1) is 13.3. The summed E-state index contributed by atoms with van der Waals surface area (Å²) in [5, 5.41) is 0.414. The van der Waals surface area contributed by atoms with Gasteiger partial charge in [0.1, 0.15) is 17.4 Å². The molecule has 0 aliphatic rings. The minimum absolute atomic E-state index is 0.0599. The van der Waals surface area contributed by atoms with E-state index in [0.29, 0.717) is 16.9 Å². The van der Waals surface area contributed by atoms with Crippen molar-refractivity contribution in [3.8, 4) is 0 Å². The van der Waals surface area contributed by atoms with E-state index in [-0.39, 0.29) is 17.6 Å². The number of rotatable bonds is 3.